The molecule has 2 aliphatic rings. The molecular weight excluding hydrogens is 322 g/mol. The maximum atomic E-state index is 14.1. The van der Waals surface area contributed by atoms with Gasteiger partial charge in [0.05, 0.1) is 0 Å². The van der Waals surface area contributed by atoms with Crippen LogP contribution >= 0.6 is 36.4 Å². The molecule has 114 valence electrons. The summed E-state index contributed by atoms with van der Waals surface area (Å²) in [5.74, 6) is 0.492. The van der Waals surface area contributed by atoms with E-state index >= 15 is 0 Å². The zero-order chi connectivity index (χ0) is 12.5. The first-order valence-corrected chi connectivity index (χ1v) is 7.03. The van der Waals surface area contributed by atoms with Crippen LogP contribution in [-0.4, -0.2) is 31.1 Å². The molecule has 2 fully saturated rings. The molecule has 0 spiro atoms. The molecule has 0 amide bonds. The molecule has 0 unspecified atom stereocenters. The van der Waals surface area contributed by atoms with Gasteiger partial charge in [0, 0.05) is 42.8 Å². The Bertz CT molecular complexity index is 434. The molecule has 1 heterocycles. The van der Waals surface area contributed by atoms with Crippen LogP contribution in [0.5, 0.6) is 0 Å². The van der Waals surface area contributed by atoms with Crippen LogP contribution in [0.2, 0.25) is 5.02 Å². The van der Waals surface area contributed by atoms with E-state index in [1.807, 2.05) is 6.07 Å². The van der Waals surface area contributed by atoms with Crippen molar-refractivity contribution < 1.29 is 4.39 Å². The van der Waals surface area contributed by atoms with E-state index in [1.54, 1.807) is 6.07 Å². The Kier molecular flexibility index (Phi) is 7.02. The van der Waals surface area contributed by atoms with E-state index in [4.69, 9.17) is 11.6 Å². The van der Waals surface area contributed by atoms with E-state index in [2.05, 4.69) is 10.2 Å². The summed E-state index contributed by atoms with van der Waals surface area (Å²) in [6.07, 6.45) is 2.42. The number of hydrogen-bond donors (Lipinski definition) is 1. The molecule has 1 saturated heterocycles. The molecule has 6 heteroatoms. The maximum Gasteiger partial charge on any atom is 0.128 e. The third-order valence-corrected chi connectivity index (χ3v) is 4.13. The van der Waals surface area contributed by atoms with Crippen molar-refractivity contribution in [1.82, 2.24) is 10.2 Å². The van der Waals surface area contributed by atoms with Gasteiger partial charge in [-0.2, -0.15) is 0 Å². The lowest BCUT2D eigenvalue weighted by Gasteiger charge is -2.35. The number of rotatable bonds is 3. The minimum absolute atomic E-state index is 0. The minimum atomic E-state index is -0.116. The smallest absolute Gasteiger partial charge is 0.128 e. The van der Waals surface area contributed by atoms with Crippen LogP contribution < -0.4 is 5.32 Å². The van der Waals surface area contributed by atoms with Crippen LogP contribution in [0.4, 0.5) is 4.39 Å². The van der Waals surface area contributed by atoms with Crippen molar-refractivity contribution in [3.8, 4) is 0 Å². The average Bonchev–Trinajstić information content (AvgIpc) is 3.20. The van der Waals surface area contributed by atoms with Crippen molar-refractivity contribution in [3.05, 3.63) is 34.6 Å². The highest BCUT2D eigenvalue weighted by molar-refractivity contribution is 6.30. The third kappa shape index (κ3) is 3.99. The summed E-state index contributed by atoms with van der Waals surface area (Å²) < 4.78 is 14.1. The molecule has 1 aliphatic heterocycles. The number of hydrogen-bond acceptors (Lipinski definition) is 2. The molecule has 0 radical (unpaired) electrons. The first-order valence-electron chi connectivity index (χ1n) is 6.65. The van der Waals surface area contributed by atoms with E-state index in [9.17, 15) is 4.39 Å². The van der Waals surface area contributed by atoms with Crippen LogP contribution in [0.3, 0.4) is 0 Å². The van der Waals surface area contributed by atoms with Crippen molar-refractivity contribution in [1.29, 1.82) is 0 Å². The van der Waals surface area contributed by atoms with Gasteiger partial charge in [0.1, 0.15) is 5.82 Å². The standard InChI is InChI=1S/C14H18ClFN2.2ClH/c15-11-3-4-13(16)12(9-11)14(10-1-2-10)18-7-5-17-6-8-18;;/h3-4,9-10,14,17H,1-2,5-8H2;2*1H/t14-;;/m1../s1. The molecule has 2 nitrogen and oxygen atoms in total. The highest BCUT2D eigenvalue weighted by Gasteiger charge is 2.38. The lowest BCUT2D eigenvalue weighted by molar-refractivity contribution is 0.153. The number of piperazine rings is 1. The summed E-state index contributed by atoms with van der Waals surface area (Å²) in [6.45, 7) is 3.97. The van der Waals surface area contributed by atoms with Crippen molar-refractivity contribution >= 4 is 36.4 Å². The Morgan fingerprint density at radius 3 is 2.45 bits per heavy atom. The second-order valence-corrected chi connectivity index (χ2v) is 5.67. The average molecular weight is 342 g/mol. The largest absolute Gasteiger partial charge is 0.314 e. The molecule has 0 bridgehead atoms. The summed E-state index contributed by atoms with van der Waals surface area (Å²) in [6, 6.07) is 5.14. The fourth-order valence-electron chi connectivity index (χ4n) is 2.86. The summed E-state index contributed by atoms with van der Waals surface area (Å²) in [5, 5.41) is 3.98. The predicted octanol–water partition coefficient (Wildman–Crippen LogP) is 3.68. The zero-order valence-corrected chi connectivity index (χ0v) is 13.5. The van der Waals surface area contributed by atoms with Gasteiger partial charge in [-0.05, 0) is 37.0 Å². The molecular formula is C14H20Cl3FN2. The molecule has 1 aromatic carbocycles. The summed E-state index contributed by atoms with van der Waals surface area (Å²) in [7, 11) is 0. The fourth-order valence-corrected chi connectivity index (χ4v) is 3.04. The SMILES string of the molecule is Cl.Cl.Fc1ccc(Cl)cc1[C@@H](C1CC1)N1CCNCC1. The number of benzene rings is 1. The molecule has 1 saturated carbocycles. The van der Waals surface area contributed by atoms with Gasteiger partial charge in [-0.25, -0.2) is 4.39 Å². The van der Waals surface area contributed by atoms with Crippen molar-refractivity contribution in [3.63, 3.8) is 0 Å². The minimum Gasteiger partial charge on any atom is -0.314 e. The Hall–Kier alpha value is -0.0600. The summed E-state index contributed by atoms with van der Waals surface area (Å²) in [5.41, 5.74) is 0.784. The molecule has 20 heavy (non-hydrogen) atoms. The van der Waals surface area contributed by atoms with Gasteiger partial charge in [-0.15, -0.1) is 24.8 Å². The molecule has 1 atom stereocenters. The zero-order valence-electron chi connectivity index (χ0n) is 11.1. The monoisotopic (exact) mass is 340 g/mol. The number of nitrogens with one attached hydrogen (secondary N) is 1. The van der Waals surface area contributed by atoms with Gasteiger partial charge in [0.2, 0.25) is 0 Å². The quantitative estimate of drug-likeness (QED) is 0.902. The van der Waals surface area contributed by atoms with Gasteiger partial charge < -0.3 is 5.32 Å². The molecule has 1 aliphatic carbocycles. The second-order valence-electron chi connectivity index (χ2n) is 5.23. The lowest BCUT2D eigenvalue weighted by atomic mass is 9.99. The lowest BCUT2D eigenvalue weighted by Crippen LogP contribution is -2.45. The van der Waals surface area contributed by atoms with E-state index in [-0.39, 0.29) is 36.7 Å². The van der Waals surface area contributed by atoms with Crippen molar-refractivity contribution in [2.75, 3.05) is 26.2 Å². The topological polar surface area (TPSA) is 15.3 Å². The van der Waals surface area contributed by atoms with Crippen LogP contribution in [-0.2, 0) is 0 Å². The number of halogens is 4. The van der Waals surface area contributed by atoms with Gasteiger partial charge in [0.25, 0.3) is 0 Å². The highest BCUT2D eigenvalue weighted by Crippen LogP contribution is 2.45. The van der Waals surface area contributed by atoms with Crippen molar-refractivity contribution in [2.24, 2.45) is 5.92 Å². The Balaban J connectivity index is 0.000001000. The van der Waals surface area contributed by atoms with E-state index < -0.39 is 0 Å². The van der Waals surface area contributed by atoms with Crippen LogP contribution in [0.25, 0.3) is 0 Å². The van der Waals surface area contributed by atoms with Crippen LogP contribution in [0.1, 0.15) is 24.4 Å². The van der Waals surface area contributed by atoms with Gasteiger partial charge in [0.15, 0.2) is 0 Å². The van der Waals surface area contributed by atoms with E-state index in [0.717, 1.165) is 31.7 Å². The summed E-state index contributed by atoms with van der Waals surface area (Å²) >= 11 is 6.03. The van der Waals surface area contributed by atoms with E-state index in [0.29, 0.717) is 10.9 Å². The normalized spacial score (nSPS) is 20.7. The predicted molar refractivity (Wildman–Crippen MR) is 85.8 cm³/mol. The van der Waals surface area contributed by atoms with Crippen LogP contribution in [0.15, 0.2) is 18.2 Å². The molecule has 1 aromatic rings. The number of nitrogens with zero attached hydrogens (tertiary/aromatic N) is 1. The third-order valence-electron chi connectivity index (χ3n) is 3.89. The molecule has 3 rings (SSSR count). The van der Waals surface area contributed by atoms with Gasteiger partial charge in [-0.1, -0.05) is 11.6 Å². The Labute approximate surface area is 136 Å². The summed E-state index contributed by atoms with van der Waals surface area (Å²) in [4.78, 5) is 2.41. The first kappa shape index (κ1) is 18.0. The van der Waals surface area contributed by atoms with Gasteiger partial charge in [-0.3, -0.25) is 4.90 Å². The van der Waals surface area contributed by atoms with Crippen molar-refractivity contribution in [2.45, 2.75) is 18.9 Å². The highest BCUT2D eigenvalue weighted by atomic mass is 35.5. The Morgan fingerprint density at radius 1 is 1.20 bits per heavy atom. The van der Waals surface area contributed by atoms with Crippen LogP contribution in [0, 0.1) is 11.7 Å². The molecule has 1 N–H and O–H groups in total. The van der Waals surface area contributed by atoms with Gasteiger partial charge >= 0.3 is 0 Å². The second kappa shape index (κ2) is 7.81. The van der Waals surface area contributed by atoms with E-state index in [1.165, 1.54) is 18.9 Å². The first-order chi connectivity index (χ1) is 8.75. The maximum absolute atomic E-state index is 14.1. The fraction of sp³-hybridized carbons (Fsp3) is 0.571. The molecule has 0 aromatic heterocycles. The Morgan fingerprint density at radius 2 is 1.85 bits per heavy atom.